The number of methoxy groups -OCH3 is 2. The normalized spacial score (nSPS) is 24.9. The Kier molecular flexibility index (Phi) is 4.66. The van der Waals surface area contributed by atoms with Crippen LogP contribution in [0.4, 0.5) is 15.8 Å². The van der Waals surface area contributed by atoms with Gasteiger partial charge in [-0.1, -0.05) is 0 Å². The molecule has 29 heavy (non-hydrogen) atoms. The van der Waals surface area contributed by atoms with Gasteiger partial charge in [0.05, 0.1) is 31.6 Å². The molecule has 0 saturated carbocycles. The van der Waals surface area contributed by atoms with E-state index in [1.54, 1.807) is 18.2 Å². The first-order valence-corrected chi connectivity index (χ1v) is 9.39. The summed E-state index contributed by atoms with van der Waals surface area (Å²) in [4.78, 5) is 26.3. The molecule has 2 heterocycles. The van der Waals surface area contributed by atoms with Crippen molar-refractivity contribution in [2.45, 2.75) is 24.9 Å². The summed E-state index contributed by atoms with van der Waals surface area (Å²) in [6.45, 7) is 1.95. The fourth-order valence-electron chi connectivity index (χ4n) is 4.46. The van der Waals surface area contributed by atoms with Crippen molar-refractivity contribution in [3.63, 3.8) is 0 Å². The van der Waals surface area contributed by atoms with Crippen LogP contribution in [0.2, 0.25) is 0 Å². The lowest BCUT2D eigenvalue weighted by atomic mass is 9.79. The number of hydrogen-bond donors (Lipinski definition) is 3. The van der Waals surface area contributed by atoms with E-state index in [-0.39, 0.29) is 17.9 Å². The van der Waals surface area contributed by atoms with Crippen LogP contribution < -0.4 is 25.4 Å². The van der Waals surface area contributed by atoms with Crippen molar-refractivity contribution in [2.75, 3.05) is 24.9 Å². The molecule has 3 atom stereocenters. The highest BCUT2D eigenvalue weighted by atomic mass is 19.1. The minimum atomic E-state index is -1.20. The third kappa shape index (κ3) is 3.00. The van der Waals surface area contributed by atoms with Gasteiger partial charge in [0.2, 0.25) is 11.4 Å². The van der Waals surface area contributed by atoms with Gasteiger partial charge >= 0.3 is 0 Å². The minimum Gasteiger partial charge on any atom is -0.497 e. The average Bonchev–Trinajstić information content (AvgIpc) is 3.19. The molecule has 2 aromatic rings. The molecule has 1 saturated heterocycles. The highest BCUT2D eigenvalue weighted by molar-refractivity contribution is 6.09. The predicted molar refractivity (Wildman–Crippen MR) is 104 cm³/mol. The number of amides is 2. The summed E-state index contributed by atoms with van der Waals surface area (Å²) < 4.78 is 24.6. The van der Waals surface area contributed by atoms with Gasteiger partial charge in [-0.3, -0.25) is 9.59 Å². The second kappa shape index (κ2) is 7.04. The second-order valence-electron chi connectivity index (χ2n) is 7.50. The number of carbonyl (C=O) groups is 2. The number of carbonyl (C=O) groups excluding carboxylic acids is 2. The molecule has 0 aromatic heterocycles. The van der Waals surface area contributed by atoms with E-state index in [0.29, 0.717) is 34.9 Å². The molecule has 152 valence electrons. The van der Waals surface area contributed by atoms with Crippen molar-refractivity contribution in [3.05, 3.63) is 47.8 Å². The first-order chi connectivity index (χ1) is 13.9. The number of nitrogens with two attached hydrogens (primary N) is 1. The van der Waals surface area contributed by atoms with Gasteiger partial charge in [0, 0.05) is 18.1 Å². The Bertz CT molecular complexity index is 996. The van der Waals surface area contributed by atoms with Gasteiger partial charge in [-0.15, -0.1) is 0 Å². The van der Waals surface area contributed by atoms with E-state index in [1.807, 2.05) is 12.2 Å². The maximum Gasteiger partial charge on any atom is 0.291 e. The van der Waals surface area contributed by atoms with E-state index in [4.69, 9.17) is 9.47 Å². The smallest absolute Gasteiger partial charge is 0.291 e. The van der Waals surface area contributed by atoms with Crippen LogP contribution in [0.5, 0.6) is 11.5 Å². The van der Waals surface area contributed by atoms with Crippen molar-refractivity contribution in [2.24, 2.45) is 5.92 Å². The number of quaternary nitrogens is 1. The van der Waals surface area contributed by atoms with E-state index in [1.165, 1.54) is 32.4 Å². The van der Waals surface area contributed by atoms with Crippen molar-refractivity contribution in [3.8, 4) is 11.5 Å². The first-order valence-electron chi connectivity index (χ1n) is 9.39. The van der Waals surface area contributed by atoms with E-state index >= 15 is 0 Å². The molecule has 2 aliphatic heterocycles. The first kappa shape index (κ1) is 19.2. The number of hydrogen-bond acceptors (Lipinski definition) is 4. The highest BCUT2D eigenvalue weighted by Gasteiger charge is 2.63. The van der Waals surface area contributed by atoms with E-state index in [2.05, 4.69) is 10.6 Å². The third-order valence-corrected chi connectivity index (χ3v) is 5.74. The summed E-state index contributed by atoms with van der Waals surface area (Å²) in [5, 5.41) is 7.55. The largest absolute Gasteiger partial charge is 0.497 e. The lowest BCUT2D eigenvalue weighted by Gasteiger charge is -2.25. The van der Waals surface area contributed by atoms with E-state index < -0.39 is 17.3 Å². The quantitative estimate of drug-likeness (QED) is 0.727. The van der Waals surface area contributed by atoms with Gasteiger partial charge in [0.25, 0.3) is 5.91 Å². The van der Waals surface area contributed by atoms with Crippen molar-refractivity contribution < 1.29 is 28.8 Å². The van der Waals surface area contributed by atoms with Gasteiger partial charge in [-0.25, -0.2) is 4.39 Å². The molecule has 2 aromatic carbocycles. The number of rotatable bonds is 4. The number of benzene rings is 2. The number of fused-ring (bicyclic) bond motifs is 2. The molecule has 1 spiro atoms. The lowest BCUT2D eigenvalue weighted by molar-refractivity contribution is -0.729. The zero-order chi connectivity index (χ0) is 20.8. The zero-order valence-corrected chi connectivity index (χ0v) is 16.4. The molecule has 7 nitrogen and oxygen atoms in total. The summed E-state index contributed by atoms with van der Waals surface area (Å²) in [5.41, 5.74) is 0.292. The zero-order valence-electron chi connectivity index (χ0n) is 16.4. The molecule has 8 heteroatoms. The van der Waals surface area contributed by atoms with Crippen LogP contribution in [0.25, 0.3) is 0 Å². The summed E-state index contributed by atoms with van der Waals surface area (Å²) in [6, 6.07) is 9.27. The van der Waals surface area contributed by atoms with Crippen LogP contribution in [0, 0.1) is 11.7 Å². The van der Waals surface area contributed by atoms with Gasteiger partial charge in [0.15, 0.2) is 0 Å². The molecular weight excluding hydrogens is 377 g/mol. The Morgan fingerprint density at radius 3 is 2.76 bits per heavy atom. The molecule has 2 aliphatic rings. The highest BCUT2D eigenvalue weighted by Crippen LogP contribution is 2.43. The van der Waals surface area contributed by atoms with Crippen LogP contribution >= 0.6 is 0 Å². The molecule has 4 rings (SSSR count). The number of ether oxygens (including phenoxy) is 2. The minimum absolute atomic E-state index is 0.0120. The molecule has 0 bridgehead atoms. The topological polar surface area (TPSA) is 93.3 Å². The summed E-state index contributed by atoms with van der Waals surface area (Å²) in [7, 11) is 3.04. The summed E-state index contributed by atoms with van der Waals surface area (Å²) in [5.74, 6) is -0.721. The van der Waals surface area contributed by atoms with Gasteiger partial charge in [0.1, 0.15) is 23.2 Å². The maximum atomic E-state index is 14.0. The van der Waals surface area contributed by atoms with Crippen molar-refractivity contribution in [1.82, 2.24) is 0 Å². The Hall–Kier alpha value is -3.13. The Morgan fingerprint density at radius 1 is 1.24 bits per heavy atom. The van der Waals surface area contributed by atoms with Gasteiger partial charge in [-0.05, 0) is 37.3 Å². The standard InChI is InChI=1S/C21H22FN3O4/c1-11-8-15(19(26)23-17-10-13(28-2)5-7-18(17)29-3)21(25-11)14-9-12(22)4-6-16(14)24-20(21)27/h4-7,9-11,15,25H,8H2,1-3H3,(H,23,26)(H,24,27)/p+1/t11-,15+,21-/m0/s1. The molecule has 0 aliphatic carbocycles. The molecule has 1 fully saturated rings. The Labute approximate surface area is 167 Å². The summed E-state index contributed by atoms with van der Waals surface area (Å²) >= 11 is 0. The van der Waals surface area contributed by atoms with Crippen LogP contribution in [-0.2, 0) is 15.1 Å². The summed E-state index contributed by atoms with van der Waals surface area (Å²) in [6.07, 6.45) is 0.474. The fraction of sp³-hybridized carbons (Fsp3) is 0.333. The van der Waals surface area contributed by atoms with Crippen LogP contribution in [-0.4, -0.2) is 32.1 Å². The van der Waals surface area contributed by atoms with Crippen molar-refractivity contribution in [1.29, 1.82) is 0 Å². The molecule has 4 N–H and O–H groups in total. The number of anilines is 2. The maximum absolute atomic E-state index is 14.0. The molecule has 0 radical (unpaired) electrons. The second-order valence-corrected chi connectivity index (χ2v) is 7.50. The van der Waals surface area contributed by atoms with Crippen LogP contribution in [0.15, 0.2) is 36.4 Å². The molecule has 0 unspecified atom stereocenters. The SMILES string of the molecule is COc1ccc(OC)c(NC(=O)[C@H]2C[C@H](C)[NH2+][C@]23C(=O)Nc2ccc(F)cc23)c1. The van der Waals surface area contributed by atoms with E-state index in [9.17, 15) is 14.0 Å². The number of nitrogens with one attached hydrogen (secondary N) is 2. The van der Waals surface area contributed by atoms with Gasteiger partial charge < -0.3 is 25.4 Å². The van der Waals surface area contributed by atoms with Gasteiger partial charge in [-0.2, -0.15) is 0 Å². The van der Waals surface area contributed by atoms with Crippen molar-refractivity contribution >= 4 is 23.2 Å². The predicted octanol–water partition coefficient (Wildman–Crippen LogP) is 1.60. The van der Waals surface area contributed by atoms with Crippen LogP contribution in [0.3, 0.4) is 0 Å². The number of halogens is 1. The molecule has 2 amide bonds. The Morgan fingerprint density at radius 2 is 2.03 bits per heavy atom. The fourth-order valence-corrected chi connectivity index (χ4v) is 4.46. The monoisotopic (exact) mass is 400 g/mol. The lowest BCUT2D eigenvalue weighted by Crippen LogP contribution is -2.97. The Balaban J connectivity index is 1.73. The third-order valence-electron chi connectivity index (χ3n) is 5.74. The average molecular weight is 400 g/mol. The van der Waals surface area contributed by atoms with E-state index in [0.717, 1.165) is 0 Å². The molecular formula is C21H23FN3O4+. The van der Waals surface area contributed by atoms with Crippen LogP contribution in [0.1, 0.15) is 18.9 Å².